The summed E-state index contributed by atoms with van der Waals surface area (Å²) >= 11 is 0. The second-order valence-electron chi connectivity index (χ2n) is 14.9. The molecule has 33 heavy (non-hydrogen) atoms. The molecule has 0 amide bonds. The molecule has 0 aliphatic heterocycles. The van der Waals surface area contributed by atoms with Crippen molar-refractivity contribution in [3.8, 4) is 11.6 Å². The van der Waals surface area contributed by atoms with Crippen LogP contribution in [0.1, 0.15) is 113 Å². The molecule has 10 atom stereocenters. The van der Waals surface area contributed by atoms with Crippen LogP contribution in [0.4, 0.5) is 0 Å². The van der Waals surface area contributed by atoms with E-state index in [0.717, 1.165) is 48.7 Å². The third-order valence-corrected chi connectivity index (χ3v) is 12.7. The number of rotatable bonds is 4. The summed E-state index contributed by atoms with van der Waals surface area (Å²) in [4.78, 5) is 11.1. The van der Waals surface area contributed by atoms with Gasteiger partial charge in [-0.3, -0.25) is 0 Å². The molecule has 0 aromatic heterocycles. The van der Waals surface area contributed by atoms with Gasteiger partial charge in [-0.25, -0.2) is 0 Å². The lowest BCUT2D eigenvalue weighted by molar-refractivity contribution is -0.216. The third-order valence-electron chi connectivity index (χ3n) is 12.6. The smallest absolute Gasteiger partial charge is 0.120 e. The predicted octanol–water partition coefficient (Wildman–Crippen LogP) is 8.38. The topological polar surface area (TPSA) is 17.1 Å². The van der Waals surface area contributed by atoms with E-state index in [4.69, 9.17) is 0 Å². The Kier molecular flexibility index (Phi) is 6.52. The summed E-state index contributed by atoms with van der Waals surface area (Å²) in [6, 6.07) is 0. The fraction of sp³-hybridized carbons (Fsp3) is 0.903. The van der Waals surface area contributed by atoms with Crippen LogP contribution in [0, 0.1) is 74.2 Å². The first-order valence-corrected chi connectivity index (χ1v) is 14.5. The van der Waals surface area contributed by atoms with Crippen molar-refractivity contribution in [3.05, 3.63) is 0 Å². The molecule has 4 aliphatic carbocycles. The third kappa shape index (κ3) is 3.80. The van der Waals surface area contributed by atoms with Gasteiger partial charge < -0.3 is 4.79 Å². The largest absolute Gasteiger partial charge is 0.303 e. The van der Waals surface area contributed by atoms with E-state index < -0.39 is 0 Å². The standard InChI is InChI=1S/C31H51OP/c1-21(10-9-16-32)23-11-12-24-26-25(20-28(4,5)31(23,24)8)30(7)14-13-29(6,15-17-33)19-22(30)18-27(26,2)3/h16,21-26H,9-14,18-20,33H2,1-8H3. The second-order valence-corrected chi connectivity index (χ2v) is 15.2. The molecular weight excluding hydrogens is 419 g/mol. The average molecular weight is 471 g/mol. The van der Waals surface area contributed by atoms with E-state index in [-0.39, 0.29) is 5.41 Å². The maximum absolute atomic E-state index is 11.1. The van der Waals surface area contributed by atoms with Crippen LogP contribution in [-0.2, 0) is 4.79 Å². The SMILES string of the molecule is CC(CCC=O)C1CCC2C3C(CC(C)(C)C12C)C1(C)CCC(C)(C#CP)CC1CC3(C)C. The average Bonchev–Trinajstić information content (AvgIpc) is 3.07. The lowest BCUT2D eigenvalue weighted by atomic mass is 9.34. The van der Waals surface area contributed by atoms with Crippen molar-refractivity contribution in [2.24, 2.45) is 62.6 Å². The molecule has 2 heteroatoms. The molecule has 186 valence electrons. The summed E-state index contributed by atoms with van der Waals surface area (Å²) in [5.41, 5.74) is 4.96. The first-order valence-electron chi connectivity index (χ1n) is 13.9. The van der Waals surface area contributed by atoms with E-state index >= 15 is 0 Å². The van der Waals surface area contributed by atoms with Crippen molar-refractivity contribution >= 4 is 15.5 Å². The van der Waals surface area contributed by atoms with Crippen LogP contribution in [0.25, 0.3) is 0 Å². The minimum absolute atomic E-state index is 0.194. The molecule has 4 rings (SSSR count). The van der Waals surface area contributed by atoms with Gasteiger partial charge in [-0.05, 0) is 115 Å². The van der Waals surface area contributed by atoms with Crippen LogP contribution < -0.4 is 0 Å². The molecule has 0 N–H and O–H groups in total. The molecule has 0 bridgehead atoms. The van der Waals surface area contributed by atoms with Gasteiger partial charge in [0.2, 0.25) is 0 Å². The summed E-state index contributed by atoms with van der Waals surface area (Å²) in [6.45, 7) is 20.7. The minimum Gasteiger partial charge on any atom is -0.303 e. The van der Waals surface area contributed by atoms with Gasteiger partial charge in [0.25, 0.3) is 0 Å². The van der Waals surface area contributed by atoms with Crippen LogP contribution in [-0.4, -0.2) is 6.29 Å². The van der Waals surface area contributed by atoms with Crippen LogP contribution in [0.3, 0.4) is 0 Å². The van der Waals surface area contributed by atoms with Crippen molar-refractivity contribution in [2.75, 3.05) is 0 Å². The predicted molar refractivity (Wildman–Crippen MR) is 144 cm³/mol. The Morgan fingerprint density at radius 1 is 0.970 bits per heavy atom. The van der Waals surface area contributed by atoms with E-state index in [1.807, 2.05) is 0 Å². The molecular formula is C31H51OP. The van der Waals surface area contributed by atoms with Gasteiger partial charge in [0, 0.05) is 11.8 Å². The van der Waals surface area contributed by atoms with Crippen molar-refractivity contribution < 1.29 is 4.79 Å². The molecule has 0 heterocycles. The van der Waals surface area contributed by atoms with Crippen LogP contribution in [0.15, 0.2) is 0 Å². The maximum Gasteiger partial charge on any atom is 0.120 e. The number of carbonyl (C=O) groups excluding carboxylic acids is 1. The van der Waals surface area contributed by atoms with Gasteiger partial charge in [-0.1, -0.05) is 69.3 Å². The number of hydrogen-bond donors (Lipinski definition) is 0. The molecule has 0 saturated heterocycles. The molecule has 4 saturated carbocycles. The lowest BCUT2D eigenvalue weighted by Gasteiger charge is -2.70. The molecule has 0 spiro atoms. The normalized spacial score (nSPS) is 48.5. The Hall–Kier alpha value is -0.340. The Bertz CT molecular complexity index is 832. The number of hydrogen-bond acceptors (Lipinski definition) is 1. The molecule has 0 aromatic rings. The quantitative estimate of drug-likeness (QED) is 0.229. The zero-order valence-corrected chi connectivity index (χ0v) is 24.0. The monoisotopic (exact) mass is 470 g/mol. The van der Waals surface area contributed by atoms with E-state index in [9.17, 15) is 4.79 Å². The molecule has 1 nitrogen and oxygen atoms in total. The first kappa shape index (κ1) is 25.7. The van der Waals surface area contributed by atoms with Gasteiger partial charge in [0.1, 0.15) is 6.29 Å². The fourth-order valence-electron chi connectivity index (χ4n) is 10.6. The summed E-state index contributed by atoms with van der Waals surface area (Å²) in [6.07, 6.45) is 12.3. The van der Waals surface area contributed by atoms with Gasteiger partial charge in [-0.2, -0.15) is 0 Å². The van der Waals surface area contributed by atoms with Gasteiger partial charge in [0.05, 0.1) is 0 Å². The zero-order chi connectivity index (χ0) is 24.4. The molecule has 10 unspecified atom stereocenters. The molecule has 4 fully saturated rings. The Morgan fingerprint density at radius 2 is 1.67 bits per heavy atom. The Labute approximate surface area is 207 Å². The molecule has 0 radical (unpaired) electrons. The number of carbonyl (C=O) groups is 1. The summed E-state index contributed by atoms with van der Waals surface area (Å²) < 4.78 is 0. The fourth-order valence-corrected chi connectivity index (χ4v) is 10.9. The zero-order valence-electron chi connectivity index (χ0n) is 22.9. The summed E-state index contributed by atoms with van der Waals surface area (Å²) in [5, 5.41) is 0. The van der Waals surface area contributed by atoms with Gasteiger partial charge in [0.15, 0.2) is 0 Å². The Balaban J connectivity index is 1.72. The Morgan fingerprint density at radius 3 is 2.30 bits per heavy atom. The lowest BCUT2D eigenvalue weighted by Crippen LogP contribution is -2.63. The highest BCUT2D eigenvalue weighted by Gasteiger charge is 2.69. The van der Waals surface area contributed by atoms with Crippen LogP contribution >= 0.6 is 9.24 Å². The van der Waals surface area contributed by atoms with Crippen molar-refractivity contribution in [3.63, 3.8) is 0 Å². The van der Waals surface area contributed by atoms with E-state index in [0.29, 0.717) is 27.6 Å². The van der Waals surface area contributed by atoms with Crippen molar-refractivity contribution in [1.29, 1.82) is 0 Å². The van der Waals surface area contributed by atoms with Gasteiger partial charge in [-0.15, -0.1) is 0 Å². The second kappa shape index (κ2) is 8.36. The molecule has 0 aromatic carbocycles. The van der Waals surface area contributed by atoms with Crippen molar-refractivity contribution in [1.82, 2.24) is 0 Å². The summed E-state index contributed by atoms with van der Waals surface area (Å²) in [7, 11) is 2.64. The highest BCUT2D eigenvalue weighted by Crippen LogP contribution is 2.76. The van der Waals surface area contributed by atoms with E-state index in [1.54, 1.807) is 0 Å². The number of aldehydes is 1. The first-order chi connectivity index (χ1) is 15.3. The van der Waals surface area contributed by atoms with Crippen LogP contribution in [0.5, 0.6) is 0 Å². The molecule has 4 aliphatic rings. The van der Waals surface area contributed by atoms with Crippen molar-refractivity contribution in [2.45, 2.75) is 113 Å². The summed E-state index contributed by atoms with van der Waals surface area (Å²) in [5.74, 6) is 8.28. The van der Waals surface area contributed by atoms with E-state index in [1.165, 1.54) is 44.9 Å². The maximum atomic E-state index is 11.1. The minimum atomic E-state index is 0.194. The highest BCUT2D eigenvalue weighted by atomic mass is 31.0. The number of fused-ring (bicyclic) bond motifs is 5. The van der Waals surface area contributed by atoms with Gasteiger partial charge >= 0.3 is 0 Å². The van der Waals surface area contributed by atoms with Crippen LogP contribution in [0.2, 0.25) is 0 Å². The van der Waals surface area contributed by atoms with E-state index in [2.05, 4.69) is 76.2 Å². The highest BCUT2D eigenvalue weighted by molar-refractivity contribution is 7.23.